The van der Waals surface area contributed by atoms with Crippen molar-refractivity contribution < 1.29 is 17.9 Å². The van der Waals surface area contributed by atoms with Gasteiger partial charge in [0.2, 0.25) is 0 Å². The molecule has 0 aliphatic heterocycles. The topological polar surface area (TPSA) is 21.3 Å². The molecule has 2 rings (SSSR count). The van der Waals surface area contributed by atoms with Crippen molar-refractivity contribution in [2.45, 2.75) is 19.8 Å². The van der Waals surface area contributed by atoms with Crippen molar-refractivity contribution in [2.75, 3.05) is 5.32 Å². The lowest BCUT2D eigenvalue weighted by Crippen LogP contribution is -2.17. The maximum absolute atomic E-state index is 12.2. The van der Waals surface area contributed by atoms with Crippen molar-refractivity contribution in [1.29, 1.82) is 0 Å². The first-order valence-corrected chi connectivity index (χ1v) is 8.19. The van der Waals surface area contributed by atoms with Crippen molar-refractivity contribution in [3.63, 3.8) is 0 Å². The number of anilines is 1. The predicted octanol–water partition coefficient (Wildman–Crippen LogP) is 6.09. The van der Waals surface area contributed by atoms with Gasteiger partial charge in [-0.1, -0.05) is 0 Å². The predicted molar refractivity (Wildman–Crippen MR) is 84.9 cm³/mol. The minimum atomic E-state index is -4.70. The maximum Gasteiger partial charge on any atom is 0.573 e. The molecule has 0 fully saturated rings. The summed E-state index contributed by atoms with van der Waals surface area (Å²) in [6, 6.07) is 6.39. The minimum absolute atomic E-state index is 0.244. The summed E-state index contributed by atoms with van der Waals surface area (Å²) in [6.45, 7) is 2.61. The summed E-state index contributed by atoms with van der Waals surface area (Å²) in [7, 11) is 0. The Morgan fingerprint density at radius 1 is 1.19 bits per heavy atom. The zero-order valence-corrected chi connectivity index (χ0v) is 14.7. The number of thiophene rings is 1. The van der Waals surface area contributed by atoms with Crippen molar-refractivity contribution >= 4 is 48.9 Å². The highest BCUT2D eigenvalue weighted by atomic mass is 79.9. The Hall–Kier alpha value is -0.730. The number of nitrogens with one attached hydrogen (secondary N) is 1. The molecule has 0 saturated heterocycles. The van der Waals surface area contributed by atoms with Crippen LogP contribution < -0.4 is 10.1 Å². The Balaban J connectivity index is 2.03. The number of hydrogen-bond acceptors (Lipinski definition) is 3. The van der Waals surface area contributed by atoms with Crippen LogP contribution in [-0.4, -0.2) is 6.36 Å². The third-order valence-electron chi connectivity index (χ3n) is 2.53. The second kappa shape index (κ2) is 6.58. The fourth-order valence-corrected chi connectivity index (χ4v) is 3.61. The van der Waals surface area contributed by atoms with Gasteiger partial charge < -0.3 is 10.1 Å². The van der Waals surface area contributed by atoms with Gasteiger partial charge in [0.25, 0.3) is 0 Å². The first-order valence-electron chi connectivity index (χ1n) is 5.78. The van der Waals surface area contributed by atoms with Gasteiger partial charge in [0.05, 0.1) is 4.47 Å². The summed E-state index contributed by atoms with van der Waals surface area (Å²) in [4.78, 5) is 2.31. The van der Waals surface area contributed by atoms with Crippen LogP contribution in [0.3, 0.4) is 0 Å². The normalized spacial score (nSPS) is 11.5. The number of hydrogen-bond donors (Lipinski definition) is 1. The highest BCUT2D eigenvalue weighted by molar-refractivity contribution is 9.10. The summed E-state index contributed by atoms with van der Waals surface area (Å²) < 4.78 is 41.7. The minimum Gasteiger partial charge on any atom is -0.405 e. The summed E-state index contributed by atoms with van der Waals surface area (Å²) in [5, 5.41) is 3.16. The number of alkyl halides is 3. The lowest BCUT2D eigenvalue weighted by Gasteiger charge is -2.12. The van der Waals surface area contributed by atoms with E-state index in [0.717, 1.165) is 9.35 Å². The molecule has 0 aliphatic carbocycles. The maximum atomic E-state index is 12.2. The highest BCUT2D eigenvalue weighted by Crippen LogP contribution is 2.33. The Kier molecular flexibility index (Phi) is 5.21. The Bertz CT molecular complexity index is 623. The van der Waals surface area contributed by atoms with E-state index in [1.807, 2.05) is 13.0 Å². The Labute approximate surface area is 140 Å². The van der Waals surface area contributed by atoms with Gasteiger partial charge in [0.1, 0.15) is 5.75 Å². The lowest BCUT2D eigenvalue weighted by molar-refractivity contribution is -0.274. The van der Waals surface area contributed by atoms with Gasteiger partial charge in [-0.25, -0.2) is 0 Å². The largest absolute Gasteiger partial charge is 0.573 e. The average Bonchev–Trinajstić information content (AvgIpc) is 2.68. The highest BCUT2D eigenvalue weighted by Gasteiger charge is 2.31. The number of benzene rings is 1. The molecule has 0 radical (unpaired) electrons. The lowest BCUT2D eigenvalue weighted by atomic mass is 10.3. The molecule has 1 N–H and O–H groups in total. The molecule has 1 heterocycles. The smallest absolute Gasteiger partial charge is 0.405 e. The van der Waals surface area contributed by atoms with Gasteiger partial charge in [-0.15, -0.1) is 24.5 Å². The molecule has 0 saturated carbocycles. The molecule has 1 aromatic heterocycles. The SMILES string of the molecule is Cc1sc(CNc2ccc(OC(F)(F)F)c(Br)c2)cc1Br. The fourth-order valence-electron chi connectivity index (χ4n) is 1.61. The first-order chi connectivity index (χ1) is 9.74. The van der Waals surface area contributed by atoms with Crippen LogP contribution in [0.4, 0.5) is 18.9 Å². The van der Waals surface area contributed by atoms with E-state index >= 15 is 0 Å². The molecule has 2 nitrogen and oxygen atoms in total. The molecular weight excluding hydrogens is 435 g/mol. The second-order valence-corrected chi connectivity index (χ2v) is 7.21. The van der Waals surface area contributed by atoms with Crippen molar-refractivity contribution in [1.82, 2.24) is 0 Å². The monoisotopic (exact) mass is 443 g/mol. The molecule has 0 bridgehead atoms. The third kappa shape index (κ3) is 4.89. The number of aryl methyl sites for hydroxylation is 1. The van der Waals surface area contributed by atoms with E-state index < -0.39 is 6.36 Å². The van der Waals surface area contributed by atoms with E-state index in [0.29, 0.717) is 12.2 Å². The molecule has 21 heavy (non-hydrogen) atoms. The van der Waals surface area contributed by atoms with Gasteiger partial charge in [0, 0.05) is 26.5 Å². The van der Waals surface area contributed by atoms with E-state index in [1.54, 1.807) is 23.5 Å². The van der Waals surface area contributed by atoms with Gasteiger partial charge in [0.15, 0.2) is 0 Å². The molecule has 0 spiro atoms. The van der Waals surface area contributed by atoms with Crippen LogP contribution in [-0.2, 0) is 6.54 Å². The van der Waals surface area contributed by atoms with Crippen LogP contribution in [0.5, 0.6) is 5.75 Å². The van der Waals surface area contributed by atoms with Gasteiger partial charge >= 0.3 is 6.36 Å². The quantitative estimate of drug-likeness (QED) is 0.615. The van der Waals surface area contributed by atoms with Crippen LogP contribution >= 0.6 is 43.2 Å². The van der Waals surface area contributed by atoms with E-state index in [2.05, 4.69) is 41.9 Å². The molecule has 0 unspecified atom stereocenters. The Morgan fingerprint density at radius 3 is 2.43 bits per heavy atom. The van der Waals surface area contributed by atoms with E-state index in [4.69, 9.17) is 0 Å². The average molecular weight is 445 g/mol. The van der Waals surface area contributed by atoms with E-state index in [-0.39, 0.29) is 10.2 Å². The molecule has 8 heteroatoms. The van der Waals surface area contributed by atoms with Crippen molar-refractivity contribution in [3.8, 4) is 5.75 Å². The van der Waals surface area contributed by atoms with Gasteiger partial charge in [-0.3, -0.25) is 0 Å². The van der Waals surface area contributed by atoms with Crippen molar-refractivity contribution in [2.24, 2.45) is 0 Å². The van der Waals surface area contributed by atoms with Crippen LogP contribution in [0.2, 0.25) is 0 Å². The summed E-state index contributed by atoms with van der Waals surface area (Å²) >= 11 is 8.17. The van der Waals surface area contributed by atoms with Crippen LogP contribution in [0, 0.1) is 6.92 Å². The van der Waals surface area contributed by atoms with E-state index in [9.17, 15) is 13.2 Å². The molecular formula is C13H10Br2F3NOS. The van der Waals surface area contributed by atoms with Gasteiger partial charge in [-0.2, -0.15) is 0 Å². The van der Waals surface area contributed by atoms with E-state index in [1.165, 1.54) is 10.9 Å². The number of ether oxygens (including phenoxy) is 1. The zero-order valence-electron chi connectivity index (χ0n) is 10.7. The summed E-state index contributed by atoms with van der Waals surface area (Å²) in [5.74, 6) is -0.261. The zero-order chi connectivity index (χ0) is 15.6. The second-order valence-electron chi connectivity index (χ2n) is 4.16. The Morgan fingerprint density at radius 2 is 1.90 bits per heavy atom. The molecule has 0 atom stereocenters. The molecule has 0 amide bonds. The molecule has 114 valence electrons. The fraction of sp³-hybridized carbons (Fsp3) is 0.231. The van der Waals surface area contributed by atoms with Crippen LogP contribution in [0.25, 0.3) is 0 Å². The number of rotatable bonds is 4. The van der Waals surface area contributed by atoms with Crippen LogP contribution in [0.1, 0.15) is 9.75 Å². The van der Waals surface area contributed by atoms with Crippen molar-refractivity contribution in [3.05, 3.63) is 43.0 Å². The molecule has 0 aliphatic rings. The van der Waals surface area contributed by atoms with Crippen LogP contribution in [0.15, 0.2) is 33.2 Å². The third-order valence-corrected chi connectivity index (χ3v) is 5.29. The standard InChI is InChI=1S/C13H10Br2F3NOS/c1-7-10(14)5-9(21-7)6-19-8-2-3-12(11(15)4-8)20-13(16,17)18/h2-5,19H,6H2,1H3. The van der Waals surface area contributed by atoms with Gasteiger partial charge in [-0.05, 0) is 63.0 Å². The molecule has 1 aromatic carbocycles. The summed E-state index contributed by atoms with van der Waals surface area (Å²) in [6.07, 6.45) is -4.70. The summed E-state index contributed by atoms with van der Waals surface area (Å²) in [5.41, 5.74) is 0.707. The number of halogens is 5. The first kappa shape index (κ1) is 16.6. The molecule has 2 aromatic rings.